The maximum absolute atomic E-state index is 12.1. The number of hydrogen-bond donors (Lipinski definition) is 1. The first-order chi connectivity index (χ1) is 10.5. The summed E-state index contributed by atoms with van der Waals surface area (Å²) < 4.78 is 31.8. The van der Waals surface area contributed by atoms with Gasteiger partial charge in [-0.2, -0.15) is 0 Å². The van der Waals surface area contributed by atoms with Crippen LogP contribution in [0.2, 0.25) is 0 Å². The van der Waals surface area contributed by atoms with E-state index in [4.69, 9.17) is 4.74 Å². The van der Waals surface area contributed by atoms with Crippen LogP contribution in [0.1, 0.15) is 21.8 Å². The first kappa shape index (κ1) is 17.1. The molecule has 0 aliphatic rings. The number of nitrogens with one attached hydrogen (secondary N) is 1. The highest BCUT2D eigenvalue weighted by Gasteiger charge is 2.11. The number of ether oxygens (including phenoxy) is 1. The highest BCUT2D eigenvalue weighted by molar-refractivity contribution is 7.88. The van der Waals surface area contributed by atoms with Gasteiger partial charge in [0.25, 0.3) is 0 Å². The van der Waals surface area contributed by atoms with Crippen molar-refractivity contribution in [3.05, 3.63) is 51.5 Å². The summed E-state index contributed by atoms with van der Waals surface area (Å²) in [6, 6.07) is 7.52. The zero-order valence-electron chi connectivity index (χ0n) is 12.7. The van der Waals surface area contributed by atoms with Crippen molar-refractivity contribution in [3.8, 4) is 0 Å². The monoisotopic (exact) mass is 340 g/mol. The molecule has 1 aromatic heterocycles. The van der Waals surface area contributed by atoms with Crippen LogP contribution in [0.4, 0.5) is 0 Å². The van der Waals surface area contributed by atoms with Crippen LogP contribution in [0, 0.1) is 6.92 Å². The average Bonchev–Trinajstić information content (AvgIpc) is 2.86. The number of thiazole rings is 1. The number of sulfonamides is 1. The Morgan fingerprint density at radius 1 is 1.36 bits per heavy atom. The van der Waals surface area contributed by atoms with Gasteiger partial charge in [-0.25, -0.2) is 18.1 Å². The van der Waals surface area contributed by atoms with Crippen molar-refractivity contribution in [2.24, 2.45) is 0 Å². The van der Waals surface area contributed by atoms with E-state index in [-0.39, 0.29) is 5.75 Å². The van der Waals surface area contributed by atoms with Crippen LogP contribution in [0.15, 0.2) is 29.6 Å². The average molecular weight is 340 g/mol. The Labute approximate surface area is 135 Å². The Balaban J connectivity index is 1.84. The van der Waals surface area contributed by atoms with Gasteiger partial charge in [0.15, 0.2) is 0 Å². The molecule has 1 aromatic carbocycles. The van der Waals surface area contributed by atoms with Crippen LogP contribution in [-0.2, 0) is 33.5 Å². The molecule has 7 heteroatoms. The van der Waals surface area contributed by atoms with E-state index < -0.39 is 10.0 Å². The summed E-state index contributed by atoms with van der Waals surface area (Å²) in [7, 11) is -1.70. The van der Waals surface area contributed by atoms with Crippen LogP contribution in [0.3, 0.4) is 0 Å². The fourth-order valence-electron chi connectivity index (χ4n) is 2.06. The maximum Gasteiger partial charge on any atom is 0.215 e. The number of methoxy groups -OCH3 is 1. The third-order valence-electron chi connectivity index (χ3n) is 3.01. The van der Waals surface area contributed by atoms with Crippen molar-refractivity contribution in [1.82, 2.24) is 9.71 Å². The predicted octanol–water partition coefficient (Wildman–Crippen LogP) is 2.26. The Kier molecular flexibility index (Phi) is 6.07. The smallest absolute Gasteiger partial charge is 0.215 e. The molecule has 0 atom stereocenters. The number of rotatable bonds is 8. The van der Waals surface area contributed by atoms with Crippen LogP contribution in [0.5, 0.6) is 0 Å². The lowest BCUT2D eigenvalue weighted by Gasteiger charge is -2.06. The van der Waals surface area contributed by atoms with Gasteiger partial charge in [0.05, 0.1) is 18.1 Å². The molecule has 0 unspecified atom stereocenters. The zero-order valence-corrected chi connectivity index (χ0v) is 14.3. The minimum atomic E-state index is -3.32. The Morgan fingerprint density at radius 3 is 2.91 bits per heavy atom. The molecular formula is C15H20N2O3S2. The van der Waals surface area contributed by atoms with E-state index in [1.165, 1.54) is 11.3 Å². The molecule has 120 valence electrons. The maximum atomic E-state index is 12.1. The highest BCUT2D eigenvalue weighted by Crippen LogP contribution is 2.11. The van der Waals surface area contributed by atoms with Gasteiger partial charge in [0, 0.05) is 25.5 Å². The van der Waals surface area contributed by atoms with Crippen molar-refractivity contribution in [2.75, 3.05) is 13.7 Å². The molecule has 0 amide bonds. The van der Waals surface area contributed by atoms with Crippen molar-refractivity contribution < 1.29 is 13.2 Å². The van der Waals surface area contributed by atoms with E-state index in [9.17, 15) is 8.42 Å². The van der Waals surface area contributed by atoms with Gasteiger partial charge in [-0.05, 0) is 12.5 Å². The molecule has 0 saturated carbocycles. The van der Waals surface area contributed by atoms with Crippen molar-refractivity contribution >= 4 is 21.4 Å². The number of nitrogens with zero attached hydrogens (tertiary/aromatic N) is 1. The van der Waals surface area contributed by atoms with Crippen molar-refractivity contribution in [2.45, 2.75) is 25.7 Å². The lowest BCUT2D eigenvalue weighted by molar-refractivity contribution is 0.184. The van der Waals surface area contributed by atoms with Crippen LogP contribution in [0.25, 0.3) is 0 Å². The van der Waals surface area contributed by atoms with E-state index in [2.05, 4.69) is 9.71 Å². The fourth-order valence-corrected chi connectivity index (χ4v) is 3.99. The third-order valence-corrected chi connectivity index (χ3v) is 5.24. The van der Waals surface area contributed by atoms with Gasteiger partial charge < -0.3 is 4.74 Å². The van der Waals surface area contributed by atoms with Gasteiger partial charge in [0.2, 0.25) is 10.0 Å². The molecule has 0 aliphatic heterocycles. The quantitative estimate of drug-likeness (QED) is 0.800. The molecular weight excluding hydrogens is 320 g/mol. The first-order valence-corrected chi connectivity index (χ1v) is 9.47. The normalized spacial score (nSPS) is 11.7. The largest absolute Gasteiger partial charge is 0.378 e. The lowest BCUT2D eigenvalue weighted by Crippen LogP contribution is -2.27. The van der Waals surface area contributed by atoms with Gasteiger partial charge in [-0.3, -0.25) is 0 Å². The fraction of sp³-hybridized carbons (Fsp3) is 0.400. The molecule has 0 radical (unpaired) electrons. The molecule has 1 heterocycles. The highest BCUT2D eigenvalue weighted by atomic mass is 32.2. The van der Waals surface area contributed by atoms with Gasteiger partial charge in [0.1, 0.15) is 5.01 Å². The second kappa shape index (κ2) is 7.82. The second-order valence-corrected chi connectivity index (χ2v) is 7.81. The van der Waals surface area contributed by atoms with Crippen LogP contribution in [-0.4, -0.2) is 27.1 Å². The Hall–Kier alpha value is -1.28. The molecule has 22 heavy (non-hydrogen) atoms. The molecule has 2 aromatic rings. The number of aromatic nitrogens is 1. The topological polar surface area (TPSA) is 68.3 Å². The summed E-state index contributed by atoms with van der Waals surface area (Å²) in [5, 5.41) is 2.84. The standard InChI is InChI=1S/C15H20N2O3S2/c1-12-4-3-5-13(8-12)11-22(18,19)16-7-6-14-10-21-15(17-14)9-20-2/h3-5,8,10,16H,6-7,9,11H2,1-2H3. The van der Waals surface area contributed by atoms with Gasteiger partial charge in [-0.1, -0.05) is 29.8 Å². The molecule has 0 fully saturated rings. The summed E-state index contributed by atoms with van der Waals surface area (Å²) in [6.45, 7) is 2.79. The summed E-state index contributed by atoms with van der Waals surface area (Å²) in [6.07, 6.45) is 0.577. The lowest BCUT2D eigenvalue weighted by atomic mass is 10.2. The third kappa shape index (κ3) is 5.49. The minimum absolute atomic E-state index is 0.000665. The number of hydrogen-bond acceptors (Lipinski definition) is 5. The van der Waals surface area contributed by atoms with Crippen LogP contribution >= 0.6 is 11.3 Å². The number of aryl methyl sites for hydroxylation is 1. The van der Waals surface area contributed by atoms with Gasteiger partial charge in [-0.15, -0.1) is 11.3 Å². The summed E-state index contributed by atoms with van der Waals surface area (Å²) in [5.41, 5.74) is 2.74. The molecule has 2 rings (SSSR count). The minimum Gasteiger partial charge on any atom is -0.378 e. The zero-order chi connectivity index (χ0) is 16.0. The van der Waals surface area contributed by atoms with Crippen molar-refractivity contribution in [1.29, 1.82) is 0 Å². The Morgan fingerprint density at radius 2 is 2.18 bits per heavy atom. The first-order valence-electron chi connectivity index (χ1n) is 6.93. The predicted molar refractivity (Wildman–Crippen MR) is 88.3 cm³/mol. The van der Waals surface area contributed by atoms with Gasteiger partial charge >= 0.3 is 0 Å². The molecule has 0 spiro atoms. The molecule has 1 N–H and O–H groups in total. The summed E-state index contributed by atoms with van der Waals surface area (Å²) >= 11 is 1.52. The van der Waals surface area contributed by atoms with Crippen LogP contribution < -0.4 is 4.72 Å². The van der Waals surface area contributed by atoms with E-state index in [1.54, 1.807) is 7.11 Å². The van der Waals surface area contributed by atoms with E-state index in [1.807, 2.05) is 36.6 Å². The van der Waals surface area contributed by atoms with E-state index in [0.717, 1.165) is 21.8 Å². The summed E-state index contributed by atoms with van der Waals surface area (Å²) in [5.74, 6) is 0.000665. The SMILES string of the molecule is COCc1nc(CCNS(=O)(=O)Cc2cccc(C)c2)cs1. The Bertz CT molecular complexity index is 711. The molecule has 0 bridgehead atoms. The summed E-state index contributed by atoms with van der Waals surface area (Å²) in [4.78, 5) is 4.37. The molecule has 0 aliphatic carbocycles. The molecule has 5 nitrogen and oxygen atoms in total. The molecule has 0 saturated heterocycles. The second-order valence-electron chi connectivity index (χ2n) is 5.06. The van der Waals surface area contributed by atoms with Crippen molar-refractivity contribution in [3.63, 3.8) is 0 Å². The van der Waals surface area contributed by atoms with E-state index in [0.29, 0.717) is 19.6 Å². The number of benzene rings is 1. The van der Waals surface area contributed by atoms with E-state index >= 15 is 0 Å².